The molecule has 1 aromatic heterocycles. The summed E-state index contributed by atoms with van der Waals surface area (Å²) in [6.45, 7) is 3.90. The lowest BCUT2D eigenvalue weighted by atomic mass is 10.3. The minimum atomic E-state index is -3.54. The predicted octanol–water partition coefficient (Wildman–Crippen LogP) is 1.18. The van der Waals surface area contributed by atoms with Crippen molar-refractivity contribution >= 4 is 21.8 Å². The standard InChI is InChI=1S/C11H18N2O3S2/c1-3-17-7-6-9(2)13-18(15,16)10-4-5-11(14)12-8-10/h4-5,8-9,13H,3,6-7H2,1-2H3,(H,12,14). The maximum Gasteiger partial charge on any atom is 0.247 e. The van der Waals surface area contributed by atoms with Crippen LogP contribution in [0.2, 0.25) is 0 Å². The first-order valence-electron chi connectivity index (χ1n) is 5.74. The van der Waals surface area contributed by atoms with Crippen molar-refractivity contribution in [3.63, 3.8) is 0 Å². The molecule has 102 valence electrons. The summed E-state index contributed by atoms with van der Waals surface area (Å²) in [5.41, 5.74) is -0.318. The molecule has 1 heterocycles. The van der Waals surface area contributed by atoms with Crippen LogP contribution in [0.15, 0.2) is 28.0 Å². The van der Waals surface area contributed by atoms with Gasteiger partial charge in [-0.05, 0) is 30.9 Å². The highest BCUT2D eigenvalue weighted by Gasteiger charge is 2.16. The van der Waals surface area contributed by atoms with Crippen LogP contribution < -0.4 is 10.3 Å². The largest absolute Gasteiger partial charge is 0.328 e. The molecule has 0 aliphatic rings. The van der Waals surface area contributed by atoms with E-state index >= 15 is 0 Å². The van der Waals surface area contributed by atoms with E-state index in [1.165, 1.54) is 18.3 Å². The number of pyridine rings is 1. The smallest absolute Gasteiger partial charge is 0.247 e. The first-order chi connectivity index (χ1) is 8.45. The normalized spacial score (nSPS) is 13.4. The van der Waals surface area contributed by atoms with Crippen molar-refractivity contribution in [2.45, 2.75) is 31.2 Å². The summed E-state index contributed by atoms with van der Waals surface area (Å²) in [7, 11) is -3.54. The molecule has 0 amide bonds. The van der Waals surface area contributed by atoms with Crippen LogP contribution in [-0.2, 0) is 10.0 Å². The molecule has 0 fully saturated rings. The van der Waals surface area contributed by atoms with Gasteiger partial charge >= 0.3 is 0 Å². The minimum absolute atomic E-state index is 0.0806. The Hall–Kier alpha value is -0.790. The van der Waals surface area contributed by atoms with Gasteiger partial charge in [0.1, 0.15) is 0 Å². The van der Waals surface area contributed by atoms with Crippen molar-refractivity contribution in [1.82, 2.24) is 9.71 Å². The van der Waals surface area contributed by atoms with Gasteiger partial charge in [-0.3, -0.25) is 4.79 Å². The molecule has 1 aromatic rings. The third-order valence-electron chi connectivity index (χ3n) is 2.32. The van der Waals surface area contributed by atoms with Gasteiger partial charge in [-0.2, -0.15) is 11.8 Å². The molecule has 1 atom stereocenters. The van der Waals surface area contributed by atoms with Gasteiger partial charge < -0.3 is 4.98 Å². The molecule has 0 bridgehead atoms. The fraction of sp³-hybridized carbons (Fsp3) is 0.545. The molecule has 0 aliphatic carbocycles. The number of aromatic nitrogens is 1. The van der Waals surface area contributed by atoms with Crippen molar-refractivity contribution in [1.29, 1.82) is 0 Å². The summed E-state index contributed by atoms with van der Waals surface area (Å²) in [5, 5.41) is 0. The molecule has 18 heavy (non-hydrogen) atoms. The molecule has 0 spiro atoms. The molecule has 2 N–H and O–H groups in total. The summed E-state index contributed by atoms with van der Waals surface area (Å²) in [6.07, 6.45) is 1.99. The van der Waals surface area contributed by atoms with Crippen LogP contribution in [0, 0.1) is 0 Å². The zero-order valence-electron chi connectivity index (χ0n) is 10.5. The Morgan fingerprint density at radius 1 is 1.44 bits per heavy atom. The molecular weight excluding hydrogens is 272 g/mol. The Kier molecular flexibility index (Phi) is 5.90. The zero-order chi connectivity index (χ0) is 13.6. The topological polar surface area (TPSA) is 79.0 Å². The van der Waals surface area contributed by atoms with E-state index < -0.39 is 10.0 Å². The van der Waals surface area contributed by atoms with Crippen LogP contribution in [0.4, 0.5) is 0 Å². The summed E-state index contributed by atoms with van der Waals surface area (Å²) < 4.78 is 26.5. The lowest BCUT2D eigenvalue weighted by Crippen LogP contribution is -2.33. The van der Waals surface area contributed by atoms with Crippen molar-refractivity contribution < 1.29 is 8.42 Å². The van der Waals surface area contributed by atoms with Crippen LogP contribution in [0.1, 0.15) is 20.3 Å². The highest BCUT2D eigenvalue weighted by molar-refractivity contribution is 7.99. The number of nitrogens with one attached hydrogen (secondary N) is 2. The van der Waals surface area contributed by atoms with E-state index in [1.54, 1.807) is 11.8 Å². The molecule has 0 saturated heterocycles. The van der Waals surface area contributed by atoms with Gasteiger partial charge in [-0.15, -0.1) is 0 Å². The Morgan fingerprint density at radius 2 is 2.17 bits per heavy atom. The second-order valence-electron chi connectivity index (χ2n) is 3.90. The monoisotopic (exact) mass is 290 g/mol. The van der Waals surface area contributed by atoms with E-state index in [2.05, 4.69) is 16.6 Å². The number of sulfonamides is 1. The minimum Gasteiger partial charge on any atom is -0.328 e. The van der Waals surface area contributed by atoms with Gasteiger partial charge in [0.25, 0.3) is 0 Å². The van der Waals surface area contributed by atoms with Crippen LogP contribution in [0.25, 0.3) is 0 Å². The van der Waals surface area contributed by atoms with Gasteiger partial charge in [-0.25, -0.2) is 13.1 Å². The first-order valence-corrected chi connectivity index (χ1v) is 8.38. The van der Waals surface area contributed by atoms with E-state index in [9.17, 15) is 13.2 Å². The SMILES string of the molecule is CCSCCC(C)NS(=O)(=O)c1ccc(=O)[nH]c1. The molecule has 1 rings (SSSR count). The first kappa shape index (κ1) is 15.3. The lowest BCUT2D eigenvalue weighted by Gasteiger charge is -2.13. The Labute approximate surface area is 111 Å². The molecule has 0 aliphatic heterocycles. The zero-order valence-corrected chi connectivity index (χ0v) is 12.1. The fourth-order valence-corrected chi connectivity index (χ4v) is 3.41. The van der Waals surface area contributed by atoms with Gasteiger partial charge in [0, 0.05) is 18.3 Å². The summed E-state index contributed by atoms with van der Waals surface area (Å²) >= 11 is 1.78. The highest BCUT2D eigenvalue weighted by atomic mass is 32.2. The number of thioether (sulfide) groups is 1. The van der Waals surface area contributed by atoms with Crippen molar-refractivity contribution in [2.75, 3.05) is 11.5 Å². The number of rotatable bonds is 7. The van der Waals surface area contributed by atoms with E-state index in [1.807, 2.05) is 6.92 Å². The number of H-pyrrole nitrogens is 1. The predicted molar refractivity (Wildman–Crippen MR) is 74.5 cm³/mol. The van der Waals surface area contributed by atoms with E-state index in [-0.39, 0.29) is 16.5 Å². The second-order valence-corrected chi connectivity index (χ2v) is 7.00. The van der Waals surface area contributed by atoms with Crippen LogP contribution in [-0.4, -0.2) is 30.9 Å². The number of hydrogen-bond acceptors (Lipinski definition) is 4. The van der Waals surface area contributed by atoms with E-state index in [4.69, 9.17) is 0 Å². The van der Waals surface area contributed by atoms with Crippen molar-refractivity contribution in [3.05, 3.63) is 28.7 Å². The lowest BCUT2D eigenvalue weighted by molar-refractivity contribution is 0.556. The van der Waals surface area contributed by atoms with Gasteiger partial charge in [0.15, 0.2) is 0 Å². The van der Waals surface area contributed by atoms with Gasteiger partial charge in [0.2, 0.25) is 15.6 Å². The number of aromatic amines is 1. The third kappa shape index (κ3) is 4.83. The Bertz CT molecular complexity index is 505. The molecule has 1 unspecified atom stereocenters. The average Bonchev–Trinajstić information content (AvgIpc) is 2.29. The maximum atomic E-state index is 11.9. The van der Waals surface area contributed by atoms with Crippen LogP contribution >= 0.6 is 11.8 Å². The highest BCUT2D eigenvalue weighted by Crippen LogP contribution is 2.08. The molecule has 7 heteroatoms. The third-order valence-corrected chi connectivity index (χ3v) is 4.84. The van der Waals surface area contributed by atoms with Crippen molar-refractivity contribution in [2.24, 2.45) is 0 Å². The van der Waals surface area contributed by atoms with E-state index in [0.717, 1.165) is 17.9 Å². The van der Waals surface area contributed by atoms with Crippen LogP contribution in [0.3, 0.4) is 0 Å². The average molecular weight is 290 g/mol. The molecule has 5 nitrogen and oxygen atoms in total. The summed E-state index contributed by atoms with van der Waals surface area (Å²) in [4.78, 5) is 13.3. The molecule has 0 radical (unpaired) electrons. The molecule has 0 aromatic carbocycles. The summed E-state index contributed by atoms with van der Waals surface area (Å²) in [6, 6.07) is 2.38. The van der Waals surface area contributed by atoms with Gasteiger partial charge in [-0.1, -0.05) is 6.92 Å². The van der Waals surface area contributed by atoms with Crippen molar-refractivity contribution in [3.8, 4) is 0 Å². The quantitative estimate of drug-likeness (QED) is 0.739. The van der Waals surface area contributed by atoms with Gasteiger partial charge in [0.05, 0.1) is 4.90 Å². The number of hydrogen-bond donors (Lipinski definition) is 2. The van der Waals surface area contributed by atoms with Crippen LogP contribution in [0.5, 0.6) is 0 Å². The summed E-state index contributed by atoms with van der Waals surface area (Å²) in [5.74, 6) is 1.95. The van der Waals surface area contributed by atoms with E-state index in [0.29, 0.717) is 0 Å². The molecular formula is C11H18N2O3S2. The Morgan fingerprint density at radius 3 is 2.72 bits per heavy atom. The molecule has 0 saturated carbocycles. The maximum absolute atomic E-state index is 11.9. The fourth-order valence-electron chi connectivity index (χ4n) is 1.36. The Balaban J connectivity index is 2.64. The second kappa shape index (κ2) is 6.96.